The summed E-state index contributed by atoms with van der Waals surface area (Å²) in [6.45, 7) is 3.34. The van der Waals surface area contributed by atoms with Crippen molar-refractivity contribution in [2.24, 2.45) is 0 Å². The third-order valence-electron chi connectivity index (χ3n) is 2.70. The molecule has 4 N–H and O–H groups in total. The van der Waals surface area contributed by atoms with Gasteiger partial charge >= 0.3 is 6.56 Å². The van der Waals surface area contributed by atoms with E-state index in [2.05, 4.69) is 17.2 Å². The summed E-state index contributed by atoms with van der Waals surface area (Å²) in [6, 6.07) is 0.661. The van der Waals surface area contributed by atoms with Gasteiger partial charge in [0, 0.05) is 51.6 Å². The molecule has 1 aliphatic rings. The van der Waals surface area contributed by atoms with Gasteiger partial charge in [0.15, 0.2) is 0 Å². The minimum absolute atomic E-state index is 0. The first-order valence-corrected chi connectivity index (χ1v) is 6.14. The number of hydrogen-bond acceptors (Lipinski definition) is 3. The molecule has 1 aromatic rings. The van der Waals surface area contributed by atoms with Crippen LogP contribution in [0.1, 0.15) is 39.2 Å². The third kappa shape index (κ3) is 4.06. The number of aromatic amines is 1. The molecule has 1 atom stereocenters. The van der Waals surface area contributed by atoms with Crippen molar-refractivity contribution in [3.63, 3.8) is 0 Å². The Bertz CT molecular complexity index is 320. The molecule has 2 rings (SSSR count). The Labute approximate surface area is 129 Å². The van der Waals surface area contributed by atoms with Gasteiger partial charge in [-0.1, -0.05) is 25.7 Å². The number of H-pyrrole nitrogens is 1. The fraction of sp³-hybridized carbons (Fsp3) is 0.727. The van der Waals surface area contributed by atoms with Crippen LogP contribution in [0.15, 0.2) is 0 Å². The smallest absolute Gasteiger partial charge is 0.314 e. The molecule has 0 amide bonds. The van der Waals surface area contributed by atoms with Crippen LogP contribution in [0.4, 0.5) is 5.13 Å². The van der Waals surface area contributed by atoms with E-state index in [1.165, 1.54) is 23.4 Å². The Kier molecular flexibility index (Phi) is 7.99. The van der Waals surface area contributed by atoms with Gasteiger partial charge in [0.25, 0.3) is 0 Å². The largest absolute Gasteiger partial charge is 1.00 e. The van der Waals surface area contributed by atoms with Crippen LogP contribution in [0.2, 0.25) is 0 Å². The number of aryl methyl sites for hydroxylation is 1. The molecule has 0 aromatic carbocycles. The molecule has 1 heterocycles. The topological polar surface area (TPSA) is 52.2 Å². The van der Waals surface area contributed by atoms with Crippen LogP contribution in [0.3, 0.4) is 0 Å². The van der Waals surface area contributed by atoms with Crippen molar-refractivity contribution in [1.29, 1.82) is 0 Å². The summed E-state index contributed by atoms with van der Waals surface area (Å²) in [5, 5.41) is 4.43. The minimum atomic E-state index is 0. The van der Waals surface area contributed by atoms with E-state index in [-0.39, 0.29) is 41.6 Å². The van der Waals surface area contributed by atoms with Crippen molar-refractivity contribution < 1.29 is 39.1 Å². The van der Waals surface area contributed by atoms with Gasteiger partial charge in [-0.3, -0.25) is 5.73 Å². The molecule has 0 bridgehead atoms. The van der Waals surface area contributed by atoms with Gasteiger partial charge in [0.1, 0.15) is 5.69 Å². The van der Waals surface area contributed by atoms with Gasteiger partial charge in [0.2, 0.25) is 0 Å². The van der Waals surface area contributed by atoms with Crippen LogP contribution in [0.25, 0.3) is 0 Å². The molecule has 1 aliphatic carbocycles. The minimum Gasteiger partial charge on any atom is -0.314 e. The van der Waals surface area contributed by atoms with Crippen LogP contribution in [-0.4, -0.2) is 12.6 Å². The zero-order valence-electron chi connectivity index (χ0n) is 10.2. The number of nitrogens with two attached hydrogens (primary N) is 1. The van der Waals surface area contributed by atoms with Gasteiger partial charge in [-0.2, -0.15) is 0 Å². The van der Waals surface area contributed by atoms with E-state index in [0.717, 1.165) is 24.5 Å². The molecule has 3 nitrogen and oxygen atoms in total. The predicted octanol–water partition coefficient (Wildman–Crippen LogP) is 1.75. The SMILES string of the molecule is C.CCCNC1CCc2[nH+]c(N)sc2C1.[H+].[Y]. The molecule has 0 saturated carbocycles. The van der Waals surface area contributed by atoms with Crippen molar-refractivity contribution in [1.82, 2.24) is 5.32 Å². The van der Waals surface area contributed by atoms with Gasteiger partial charge in [-0.05, 0) is 19.4 Å². The van der Waals surface area contributed by atoms with E-state index >= 15 is 0 Å². The summed E-state index contributed by atoms with van der Waals surface area (Å²) in [5.74, 6) is 0. The summed E-state index contributed by atoms with van der Waals surface area (Å²) >= 11 is 1.71. The Morgan fingerprint density at radius 1 is 1.62 bits per heavy atom. The maximum absolute atomic E-state index is 5.75. The van der Waals surface area contributed by atoms with E-state index in [1.807, 2.05) is 0 Å². The number of anilines is 1. The first-order valence-electron chi connectivity index (χ1n) is 5.32. The van der Waals surface area contributed by atoms with Gasteiger partial charge < -0.3 is 5.32 Å². The second-order valence-corrected chi connectivity index (χ2v) is 5.02. The Balaban J connectivity index is 0. The fourth-order valence-corrected chi connectivity index (χ4v) is 2.97. The zero-order chi connectivity index (χ0) is 9.97. The molecule has 0 aliphatic heterocycles. The number of hydrogen-bond donors (Lipinski definition) is 2. The number of nitrogen functional groups attached to an aromatic ring is 1. The Hall–Kier alpha value is 0.494. The number of thiazole rings is 1. The predicted molar refractivity (Wildman–Crippen MR) is 67.2 cm³/mol. The monoisotopic (exact) mass is 318 g/mol. The number of nitrogens with one attached hydrogen (secondary N) is 2. The average Bonchev–Trinajstić information content (AvgIpc) is 2.54. The second-order valence-electron chi connectivity index (χ2n) is 3.89. The van der Waals surface area contributed by atoms with Crippen LogP contribution in [-0.2, 0) is 45.6 Å². The van der Waals surface area contributed by atoms with Crippen molar-refractivity contribution in [2.75, 3.05) is 12.3 Å². The molecule has 16 heavy (non-hydrogen) atoms. The summed E-state index contributed by atoms with van der Waals surface area (Å²) in [6.07, 6.45) is 4.74. The van der Waals surface area contributed by atoms with Gasteiger partial charge in [0.05, 0.1) is 4.88 Å². The summed E-state index contributed by atoms with van der Waals surface area (Å²) in [7, 11) is 0. The normalized spacial score (nSPS) is 18.2. The molecule has 0 saturated heterocycles. The van der Waals surface area contributed by atoms with Crippen molar-refractivity contribution >= 4 is 16.5 Å². The molecular formula is C11H23N3SY+2. The van der Waals surface area contributed by atoms with E-state index < -0.39 is 0 Å². The summed E-state index contributed by atoms with van der Waals surface area (Å²) < 4.78 is 0. The standard InChI is InChI=1S/C10H17N3S.CH4.Y/c1-2-5-12-7-3-4-8-9(6-7)14-10(11)13-8;;/h7,12H,2-6H2,1H3,(H2,11,13);1H4;/p+2. The Morgan fingerprint density at radius 2 is 2.38 bits per heavy atom. The quantitative estimate of drug-likeness (QED) is 0.892. The first-order chi connectivity index (χ1) is 6.79. The maximum Gasteiger partial charge on any atom is 1.00 e. The number of rotatable bonds is 3. The molecule has 89 valence electrons. The Morgan fingerprint density at radius 3 is 3.06 bits per heavy atom. The number of fused-ring (bicyclic) bond motifs is 1. The van der Waals surface area contributed by atoms with E-state index in [0.29, 0.717) is 6.04 Å². The molecule has 5 heteroatoms. The maximum atomic E-state index is 5.75. The first kappa shape index (κ1) is 16.5. The summed E-state index contributed by atoms with van der Waals surface area (Å²) in [4.78, 5) is 4.69. The molecule has 1 unspecified atom stereocenters. The second kappa shape index (κ2) is 7.75. The molecule has 0 spiro atoms. The molecule has 1 aromatic heterocycles. The van der Waals surface area contributed by atoms with Crippen LogP contribution < -0.4 is 16.0 Å². The zero-order valence-corrected chi connectivity index (χ0v) is 12.8. The molecule has 1 radical (unpaired) electrons. The third-order valence-corrected chi connectivity index (χ3v) is 3.68. The van der Waals surface area contributed by atoms with Gasteiger partial charge in [-0.25, -0.2) is 4.98 Å². The van der Waals surface area contributed by atoms with Crippen LogP contribution in [0.5, 0.6) is 0 Å². The molecular weight excluding hydrogens is 295 g/mol. The number of aromatic nitrogens is 1. The van der Waals surface area contributed by atoms with E-state index in [9.17, 15) is 0 Å². The fourth-order valence-electron chi connectivity index (χ4n) is 1.97. The van der Waals surface area contributed by atoms with Crippen molar-refractivity contribution in [3.05, 3.63) is 10.6 Å². The van der Waals surface area contributed by atoms with Crippen LogP contribution in [0, 0.1) is 0 Å². The van der Waals surface area contributed by atoms with Crippen molar-refractivity contribution in [2.45, 2.75) is 46.1 Å². The average molecular weight is 318 g/mol. The summed E-state index contributed by atoms with van der Waals surface area (Å²) in [5.41, 5.74) is 7.11. The van der Waals surface area contributed by atoms with Crippen LogP contribution >= 0.6 is 11.3 Å². The van der Waals surface area contributed by atoms with E-state index in [4.69, 9.17) is 5.73 Å². The molecule has 0 fully saturated rings. The van der Waals surface area contributed by atoms with E-state index in [1.54, 1.807) is 11.3 Å². The van der Waals surface area contributed by atoms with Gasteiger partial charge in [-0.15, -0.1) is 0 Å². The van der Waals surface area contributed by atoms with Crippen molar-refractivity contribution in [3.8, 4) is 0 Å².